The maximum atomic E-state index is 13.4. The number of carbonyl (C=O) groups excluding carboxylic acids is 1. The van der Waals surface area contributed by atoms with Crippen molar-refractivity contribution in [3.8, 4) is 0 Å². The SMILES string of the molecule is CC(C)(CN)NC(=O)c1cc(Br)ccc1F. The fourth-order valence-electron chi connectivity index (χ4n) is 1.10. The van der Waals surface area contributed by atoms with Crippen molar-refractivity contribution in [1.29, 1.82) is 0 Å². The van der Waals surface area contributed by atoms with Crippen LogP contribution < -0.4 is 11.1 Å². The Balaban J connectivity index is 2.93. The van der Waals surface area contributed by atoms with Crippen molar-refractivity contribution >= 4 is 21.8 Å². The lowest BCUT2D eigenvalue weighted by molar-refractivity contribution is 0.0911. The van der Waals surface area contributed by atoms with E-state index in [9.17, 15) is 9.18 Å². The van der Waals surface area contributed by atoms with Crippen molar-refractivity contribution in [2.45, 2.75) is 19.4 Å². The Hall–Kier alpha value is -0.940. The minimum absolute atomic E-state index is 0.0101. The van der Waals surface area contributed by atoms with Crippen LogP contribution in [0.4, 0.5) is 4.39 Å². The molecule has 0 heterocycles. The number of benzene rings is 1. The second-order valence-electron chi connectivity index (χ2n) is 4.17. The lowest BCUT2D eigenvalue weighted by Crippen LogP contribution is -2.49. The molecule has 1 rings (SSSR count). The van der Waals surface area contributed by atoms with Gasteiger partial charge in [0.15, 0.2) is 0 Å². The molecule has 1 amide bonds. The number of nitrogens with two attached hydrogens (primary N) is 1. The summed E-state index contributed by atoms with van der Waals surface area (Å²) < 4.78 is 14.0. The van der Waals surface area contributed by atoms with Crippen molar-refractivity contribution in [2.75, 3.05) is 6.54 Å². The third kappa shape index (κ3) is 3.28. The average molecular weight is 289 g/mol. The molecule has 0 aromatic heterocycles. The Bertz CT molecular complexity index is 407. The van der Waals surface area contributed by atoms with Crippen LogP contribution in [0.2, 0.25) is 0 Å². The number of halogens is 2. The van der Waals surface area contributed by atoms with Gasteiger partial charge in [-0.1, -0.05) is 15.9 Å². The van der Waals surface area contributed by atoms with Crippen molar-refractivity contribution < 1.29 is 9.18 Å². The predicted octanol–water partition coefficient (Wildman–Crippen LogP) is 2.06. The third-order valence-corrected chi connectivity index (χ3v) is 2.63. The van der Waals surface area contributed by atoms with Crippen molar-refractivity contribution in [3.63, 3.8) is 0 Å². The van der Waals surface area contributed by atoms with Crippen LogP contribution in [0, 0.1) is 5.82 Å². The van der Waals surface area contributed by atoms with E-state index in [0.717, 1.165) is 0 Å². The summed E-state index contributed by atoms with van der Waals surface area (Å²) in [5, 5.41) is 2.67. The van der Waals surface area contributed by atoms with Crippen LogP contribution in [0.25, 0.3) is 0 Å². The van der Waals surface area contributed by atoms with Gasteiger partial charge in [-0.15, -0.1) is 0 Å². The highest BCUT2D eigenvalue weighted by molar-refractivity contribution is 9.10. The van der Waals surface area contributed by atoms with Gasteiger partial charge in [-0.2, -0.15) is 0 Å². The fourth-order valence-corrected chi connectivity index (χ4v) is 1.46. The van der Waals surface area contributed by atoms with E-state index >= 15 is 0 Å². The monoisotopic (exact) mass is 288 g/mol. The van der Waals surface area contributed by atoms with E-state index in [1.165, 1.54) is 12.1 Å². The summed E-state index contributed by atoms with van der Waals surface area (Å²) in [7, 11) is 0. The summed E-state index contributed by atoms with van der Waals surface area (Å²) in [6, 6.07) is 4.23. The Morgan fingerprint density at radius 2 is 2.19 bits per heavy atom. The smallest absolute Gasteiger partial charge is 0.254 e. The topological polar surface area (TPSA) is 55.1 Å². The predicted molar refractivity (Wildman–Crippen MR) is 64.7 cm³/mol. The first kappa shape index (κ1) is 13.1. The van der Waals surface area contributed by atoms with Gasteiger partial charge in [0.25, 0.3) is 5.91 Å². The molecule has 0 bridgehead atoms. The largest absolute Gasteiger partial charge is 0.346 e. The number of carbonyl (C=O) groups is 1. The van der Waals surface area contributed by atoms with Crippen LogP contribution in [0.5, 0.6) is 0 Å². The number of nitrogens with one attached hydrogen (secondary N) is 1. The van der Waals surface area contributed by atoms with Crippen LogP contribution in [0.1, 0.15) is 24.2 Å². The Labute approximate surface area is 102 Å². The molecule has 0 radical (unpaired) electrons. The second-order valence-corrected chi connectivity index (χ2v) is 5.08. The van der Waals surface area contributed by atoms with Crippen molar-refractivity contribution in [1.82, 2.24) is 5.32 Å². The molecule has 5 heteroatoms. The minimum Gasteiger partial charge on any atom is -0.346 e. The number of hydrogen-bond donors (Lipinski definition) is 2. The molecular weight excluding hydrogens is 275 g/mol. The van der Waals surface area contributed by atoms with Gasteiger partial charge in [0.2, 0.25) is 0 Å². The summed E-state index contributed by atoms with van der Waals surface area (Å²) in [5.74, 6) is -1.01. The van der Waals surface area contributed by atoms with E-state index in [-0.39, 0.29) is 12.1 Å². The van der Waals surface area contributed by atoms with E-state index in [1.807, 2.05) is 0 Å². The zero-order chi connectivity index (χ0) is 12.3. The first-order chi connectivity index (χ1) is 7.35. The van der Waals surface area contributed by atoms with Crippen molar-refractivity contribution in [2.24, 2.45) is 5.73 Å². The molecule has 0 fully saturated rings. The quantitative estimate of drug-likeness (QED) is 0.895. The zero-order valence-electron chi connectivity index (χ0n) is 9.18. The maximum Gasteiger partial charge on any atom is 0.254 e. The lowest BCUT2D eigenvalue weighted by atomic mass is 10.1. The molecule has 0 saturated carbocycles. The first-order valence-electron chi connectivity index (χ1n) is 4.83. The summed E-state index contributed by atoms with van der Waals surface area (Å²) in [6.07, 6.45) is 0. The number of hydrogen-bond acceptors (Lipinski definition) is 2. The molecule has 0 spiro atoms. The van der Waals surface area contributed by atoms with Gasteiger partial charge in [0.05, 0.1) is 5.56 Å². The van der Waals surface area contributed by atoms with Gasteiger partial charge < -0.3 is 11.1 Å². The Morgan fingerprint density at radius 1 is 1.56 bits per heavy atom. The van der Waals surface area contributed by atoms with E-state index < -0.39 is 17.3 Å². The highest BCUT2D eigenvalue weighted by Gasteiger charge is 2.21. The zero-order valence-corrected chi connectivity index (χ0v) is 10.8. The molecule has 0 aliphatic heterocycles. The lowest BCUT2D eigenvalue weighted by Gasteiger charge is -2.24. The molecule has 88 valence electrons. The molecule has 3 N–H and O–H groups in total. The van der Waals surface area contributed by atoms with Crippen LogP contribution in [0.3, 0.4) is 0 Å². The van der Waals surface area contributed by atoms with E-state index in [4.69, 9.17) is 5.73 Å². The Morgan fingerprint density at radius 3 is 2.75 bits per heavy atom. The molecule has 1 aromatic rings. The molecule has 0 atom stereocenters. The van der Waals surface area contributed by atoms with E-state index in [0.29, 0.717) is 4.47 Å². The van der Waals surface area contributed by atoms with Crippen LogP contribution >= 0.6 is 15.9 Å². The molecule has 0 unspecified atom stereocenters. The minimum atomic E-state index is -0.550. The number of rotatable bonds is 3. The molecule has 3 nitrogen and oxygen atoms in total. The summed E-state index contributed by atoms with van der Waals surface area (Å²) in [4.78, 5) is 11.8. The van der Waals surface area contributed by atoms with Gasteiger partial charge in [0, 0.05) is 16.6 Å². The van der Waals surface area contributed by atoms with Gasteiger partial charge in [-0.25, -0.2) is 4.39 Å². The molecule has 1 aromatic carbocycles. The molecule has 16 heavy (non-hydrogen) atoms. The Kier molecular flexibility index (Phi) is 4.04. The molecule has 0 aliphatic carbocycles. The van der Waals surface area contributed by atoms with Crippen LogP contribution in [-0.2, 0) is 0 Å². The standard InChI is InChI=1S/C11H14BrFN2O/c1-11(2,6-14)15-10(16)8-5-7(12)3-4-9(8)13/h3-5H,6,14H2,1-2H3,(H,15,16). The van der Waals surface area contributed by atoms with E-state index in [2.05, 4.69) is 21.2 Å². The second kappa shape index (κ2) is 4.93. The van der Waals surface area contributed by atoms with Gasteiger partial charge in [-0.05, 0) is 32.0 Å². The van der Waals surface area contributed by atoms with Crippen LogP contribution in [0.15, 0.2) is 22.7 Å². The summed E-state index contributed by atoms with van der Waals surface area (Å²) >= 11 is 3.19. The number of amides is 1. The molecular formula is C11H14BrFN2O. The molecule has 0 saturated heterocycles. The van der Waals surface area contributed by atoms with Crippen LogP contribution in [-0.4, -0.2) is 18.0 Å². The normalized spacial score (nSPS) is 11.3. The highest BCUT2D eigenvalue weighted by atomic mass is 79.9. The third-order valence-electron chi connectivity index (χ3n) is 2.14. The van der Waals surface area contributed by atoms with Gasteiger partial charge in [0.1, 0.15) is 5.82 Å². The summed E-state index contributed by atoms with van der Waals surface area (Å²) in [5.41, 5.74) is 4.94. The fraction of sp³-hybridized carbons (Fsp3) is 0.364. The maximum absolute atomic E-state index is 13.4. The van der Waals surface area contributed by atoms with Gasteiger partial charge >= 0.3 is 0 Å². The molecule has 0 aliphatic rings. The van der Waals surface area contributed by atoms with E-state index in [1.54, 1.807) is 19.9 Å². The summed E-state index contributed by atoms with van der Waals surface area (Å²) in [6.45, 7) is 3.84. The highest BCUT2D eigenvalue weighted by Crippen LogP contribution is 2.16. The average Bonchev–Trinajstić information content (AvgIpc) is 2.21. The first-order valence-corrected chi connectivity index (χ1v) is 5.62. The van der Waals surface area contributed by atoms with Gasteiger partial charge in [-0.3, -0.25) is 4.79 Å². The van der Waals surface area contributed by atoms with Crippen molar-refractivity contribution in [3.05, 3.63) is 34.1 Å².